The summed E-state index contributed by atoms with van der Waals surface area (Å²) in [6.45, 7) is 7.04. The van der Waals surface area contributed by atoms with Crippen molar-refractivity contribution in [2.24, 2.45) is 0 Å². The van der Waals surface area contributed by atoms with Crippen LogP contribution in [0.25, 0.3) is 0 Å². The zero-order valence-corrected chi connectivity index (χ0v) is 18.3. The molecule has 0 aromatic heterocycles. The lowest BCUT2D eigenvalue weighted by Crippen LogP contribution is -2.31. The molecule has 0 spiro atoms. The fourth-order valence-corrected chi connectivity index (χ4v) is 3.60. The van der Waals surface area contributed by atoms with Crippen molar-refractivity contribution in [3.05, 3.63) is 71.7 Å². The number of amides is 2. The Hall–Kier alpha value is -2.74. The van der Waals surface area contributed by atoms with Gasteiger partial charge in [0.1, 0.15) is 11.9 Å². The molecule has 0 aromatic carbocycles. The highest BCUT2D eigenvalue weighted by molar-refractivity contribution is 6.23. The van der Waals surface area contributed by atoms with Crippen molar-refractivity contribution in [1.82, 2.24) is 10.6 Å². The standard InChI is InChI=1S/C23H26ClF3N2O3/c1-3-15(6-5-9-19(25)26)23(31)28-11-10-14(2)29-20(30)13-32-18-12-16-7-4-8-17(18)22(27)21(16)24/h3,5-6,9,12,19,21-22H,1-2,4,7-8,10-11,13H2,(H,28,31)(H,29,30)/b9-5+,15-6+. The van der Waals surface area contributed by atoms with E-state index in [1.165, 1.54) is 12.2 Å². The summed E-state index contributed by atoms with van der Waals surface area (Å²) in [6.07, 6.45) is 4.25. The van der Waals surface area contributed by atoms with Gasteiger partial charge in [0.2, 0.25) is 0 Å². The second-order valence-electron chi connectivity index (χ2n) is 7.26. The lowest BCUT2D eigenvalue weighted by molar-refractivity contribution is -0.123. The van der Waals surface area contributed by atoms with E-state index < -0.39 is 29.8 Å². The van der Waals surface area contributed by atoms with Crippen molar-refractivity contribution < 1.29 is 27.5 Å². The molecule has 1 fully saturated rings. The smallest absolute Gasteiger partial charge is 0.262 e. The van der Waals surface area contributed by atoms with E-state index in [4.69, 9.17) is 16.3 Å². The maximum Gasteiger partial charge on any atom is 0.262 e. The third-order valence-electron chi connectivity index (χ3n) is 4.89. The Balaban J connectivity index is 1.76. The third-order valence-corrected chi connectivity index (χ3v) is 5.39. The average Bonchev–Trinajstić information content (AvgIpc) is 3.03. The van der Waals surface area contributed by atoms with Gasteiger partial charge in [0, 0.05) is 29.8 Å². The van der Waals surface area contributed by atoms with E-state index in [9.17, 15) is 22.8 Å². The number of allylic oxidation sites excluding steroid dienone is 6. The molecule has 0 radical (unpaired) electrons. The maximum absolute atomic E-state index is 14.4. The normalized spacial score (nSPS) is 20.8. The molecule has 0 heterocycles. The maximum atomic E-state index is 14.4. The molecule has 9 heteroatoms. The van der Waals surface area contributed by atoms with Crippen molar-refractivity contribution in [3.8, 4) is 0 Å². The van der Waals surface area contributed by atoms with Crippen LogP contribution in [0.15, 0.2) is 71.7 Å². The highest BCUT2D eigenvalue weighted by Crippen LogP contribution is 2.39. The fraction of sp³-hybridized carbons (Fsp3) is 0.391. The highest BCUT2D eigenvalue weighted by Gasteiger charge is 2.35. The summed E-state index contributed by atoms with van der Waals surface area (Å²) in [5.41, 5.74) is 1.73. The zero-order valence-electron chi connectivity index (χ0n) is 17.5. The molecule has 2 unspecified atom stereocenters. The Morgan fingerprint density at radius 2 is 2.09 bits per heavy atom. The van der Waals surface area contributed by atoms with Crippen molar-refractivity contribution in [1.29, 1.82) is 0 Å². The third kappa shape index (κ3) is 7.44. The molecule has 0 aromatic rings. The molecule has 2 amide bonds. The molecule has 0 saturated heterocycles. The van der Waals surface area contributed by atoms with Gasteiger partial charge in [-0.05, 0) is 43.1 Å². The van der Waals surface area contributed by atoms with Crippen LogP contribution in [0.4, 0.5) is 13.2 Å². The van der Waals surface area contributed by atoms with Crippen LogP contribution in [0.5, 0.6) is 0 Å². The number of halogens is 4. The minimum atomic E-state index is -2.61. The van der Waals surface area contributed by atoms with E-state index in [0.717, 1.165) is 18.1 Å². The number of fused-ring (bicyclic) bond motifs is 4. The molecule has 2 bridgehead atoms. The first-order valence-corrected chi connectivity index (χ1v) is 10.6. The Bertz CT molecular complexity index is 878. The van der Waals surface area contributed by atoms with Crippen LogP contribution < -0.4 is 10.6 Å². The Kier molecular flexibility index (Phi) is 9.84. The van der Waals surface area contributed by atoms with Crippen LogP contribution in [0, 0.1) is 0 Å². The van der Waals surface area contributed by atoms with Gasteiger partial charge in [-0.2, -0.15) is 0 Å². The molecule has 3 aliphatic rings. The van der Waals surface area contributed by atoms with Crippen molar-refractivity contribution in [2.45, 2.75) is 43.7 Å². The molecule has 2 atom stereocenters. The monoisotopic (exact) mass is 470 g/mol. The van der Waals surface area contributed by atoms with E-state index in [2.05, 4.69) is 23.8 Å². The van der Waals surface area contributed by atoms with Crippen LogP contribution in [-0.2, 0) is 14.3 Å². The van der Waals surface area contributed by atoms with Crippen LogP contribution in [0.2, 0.25) is 0 Å². The Morgan fingerprint density at radius 1 is 1.34 bits per heavy atom. The predicted molar refractivity (Wildman–Crippen MR) is 118 cm³/mol. The number of ether oxygens (including phenoxy) is 1. The number of hydrogen-bond donors (Lipinski definition) is 2. The topological polar surface area (TPSA) is 67.4 Å². The van der Waals surface area contributed by atoms with Crippen molar-refractivity contribution in [2.75, 3.05) is 13.2 Å². The number of alkyl halides is 4. The van der Waals surface area contributed by atoms with E-state index in [-0.39, 0.29) is 25.1 Å². The van der Waals surface area contributed by atoms with Gasteiger partial charge < -0.3 is 15.4 Å². The molecule has 174 valence electrons. The molecular weight excluding hydrogens is 445 g/mol. The van der Waals surface area contributed by atoms with E-state index >= 15 is 0 Å². The second kappa shape index (κ2) is 12.3. The second-order valence-corrected chi connectivity index (χ2v) is 7.73. The van der Waals surface area contributed by atoms with Gasteiger partial charge in [0.25, 0.3) is 18.2 Å². The quantitative estimate of drug-likeness (QED) is 0.267. The molecule has 32 heavy (non-hydrogen) atoms. The van der Waals surface area contributed by atoms with Crippen LogP contribution >= 0.6 is 11.6 Å². The first-order chi connectivity index (χ1) is 15.2. The minimum Gasteiger partial charge on any atom is -0.484 e. The SMILES string of the molecule is C=C/C(=C\C=C\C(F)F)C(=O)NCCC(=C)NC(=O)COC1=C2CCCC(=C1)C(Cl)C2F. The van der Waals surface area contributed by atoms with Crippen molar-refractivity contribution in [3.63, 3.8) is 0 Å². The van der Waals surface area contributed by atoms with Crippen molar-refractivity contribution >= 4 is 23.4 Å². The van der Waals surface area contributed by atoms with Gasteiger partial charge in [-0.25, -0.2) is 13.2 Å². The number of hydrogen-bond acceptors (Lipinski definition) is 3. The molecule has 5 nitrogen and oxygen atoms in total. The summed E-state index contributed by atoms with van der Waals surface area (Å²) in [4.78, 5) is 24.1. The van der Waals surface area contributed by atoms with Gasteiger partial charge >= 0.3 is 0 Å². The van der Waals surface area contributed by atoms with E-state index in [1.54, 1.807) is 6.08 Å². The van der Waals surface area contributed by atoms with Crippen LogP contribution in [-0.4, -0.2) is 42.9 Å². The summed E-state index contributed by atoms with van der Waals surface area (Å²) < 4.78 is 44.2. The predicted octanol–water partition coefficient (Wildman–Crippen LogP) is 4.40. The number of rotatable bonds is 11. The Morgan fingerprint density at radius 3 is 2.78 bits per heavy atom. The number of nitrogens with one attached hydrogen (secondary N) is 2. The van der Waals surface area contributed by atoms with Gasteiger partial charge in [-0.3, -0.25) is 9.59 Å². The number of carbonyl (C=O) groups excluding carboxylic acids is 2. The molecule has 1 saturated carbocycles. The molecule has 0 aliphatic heterocycles. The highest BCUT2D eigenvalue weighted by atomic mass is 35.5. The largest absolute Gasteiger partial charge is 0.484 e. The summed E-state index contributed by atoms with van der Waals surface area (Å²) >= 11 is 6.11. The van der Waals surface area contributed by atoms with Gasteiger partial charge in [-0.1, -0.05) is 25.3 Å². The van der Waals surface area contributed by atoms with E-state index in [1.807, 2.05) is 0 Å². The minimum absolute atomic E-state index is 0.122. The van der Waals surface area contributed by atoms with Crippen LogP contribution in [0.3, 0.4) is 0 Å². The first-order valence-electron chi connectivity index (χ1n) is 10.1. The Labute approximate surface area is 190 Å². The van der Waals surface area contributed by atoms with E-state index in [0.29, 0.717) is 35.9 Å². The van der Waals surface area contributed by atoms with Crippen LogP contribution in [0.1, 0.15) is 25.7 Å². The zero-order chi connectivity index (χ0) is 23.7. The summed E-state index contributed by atoms with van der Waals surface area (Å²) in [6, 6.07) is 0. The lowest BCUT2D eigenvalue weighted by Gasteiger charge is -2.24. The summed E-state index contributed by atoms with van der Waals surface area (Å²) in [5.74, 6) is -0.598. The fourth-order valence-electron chi connectivity index (χ4n) is 3.28. The van der Waals surface area contributed by atoms with Gasteiger partial charge in [0.15, 0.2) is 6.61 Å². The molecular formula is C23H26ClF3N2O3. The van der Waals surface area contributed by atoms with Gasteiger partial charge in [-0.15, -0.1) is 11.6 Å². The van der Waals surface area contributed by atoms with Gasteiger partial charge in [0.05, 0.1) is 5.38 Å². The number of carbonyl (C=O) groups is 2. The first kappa shape index (κ1) is 25.5. The molecule has 3 aliphatic carbocycles. The lowest BCUT2D eigenvalue weighted by atomic mass is 9.97. The summed E-state index contributed by atoms with van der Waals surface area (Å²) in [5, 5.41) is 4.46. The molecule has 2 N–H and O–H groups in total. The average molecular weight is 471 g/mol. The summed E-state index contributed by atoms with van der Waals surface area (Å²) in [7, 11) is 0. The molecule has 3 rings (SSSR count).